The van der Waals surface area contributed by atoms with E-state index in [0.29, 0.717) is 18.9 Å². The summed E-state index contributed by atoms with van der Waals surface area (Å²) in [7, 11) is 0. The highest BCUT2D eigenvalue weighted by Crippen LogP contribution is 2.36. The molecule has 1 N–H and O–H groups in total. The molecule has 0 saturated carbocycles. The van der Waals surface area contributed by atoms with Crippen molar-refractivity contribution in [1.29, 1.82) is 0 Å². The lowest BCUT2D eigenvalue weighted by atomic mass is 10.00. The number of benzene rings is 1. The number of H-pyrrole nitrogens is 1. The minimum absolute atomic E-state index is 0.156. The predicted molar refractivity (Wildman–Crippen MR) is 107 cm³/mol. The molecule has 1 saturated heterocycles. The van der Waals surface area contributed by atoms with Crippen LogP contribution in [0.4, 0.5) is 10.3 Å². The predicted octanol–water partition coefficient (Wildman–Crippen LogP) is 3.79. The molecule has 0 spiro atoms. The lowest BCUT2D eigenvalue weighted by Crippen LogP contribution is -2.36. The number of anilines is 1. The molecule has 0 bridgehead atoms. The number of pyridine rings is 2. The smallest absolute Gasteiger partial charge is 0.172 e. The Labute approximate surface area is 166 Å². The van der Waals surface area contributed by atoms with Crippen LogP contribution in [-0.4, -0.2) is 46.5 Å². The summed E-state index contributed by atoms with van der Waals surface area (Å²) >= 11 is 0. The Morgan fingerprint density at radius 2 is 1.97 bits per heavy atom. The van der Waals surface area contributed by atoms with Crippen molar-refractivity contribution in [2.75, 3.05) is 31.2 Å². The van der Waals surface area contributed by atoms with Crippen molar-refractivity contribution in [2.24, 2.45) is 0 Å². The van der Waals surface area contributed by atoms with Crippen molar-refractivity contribution in [2.45, 2.75) is 0 Å². The van der Waals surface area contributed by atoms with Gasteiger partial charge < -0.3 is 9.64 Å². The molecule has 4 heterocycles. The topological polar surface area (TPSA) is 76.2 Å². The van der Waals surface area contributed by atoms with Gasteiger partial charge in [-0.15, -0.1) is 0 Å². The zero-order chi connectivity index (χ0) is 19.6. The number of hydrogen-bond donors (Lipinski definition) is 1. The summed E-state index contributed by atoms with van der Waals surface area (Å²) in [6.07, 6.45) is 3.43. The SMILES string of the molecule is FOc1cccc(-c2cc(N3CCOCC3)nc3c(-c4ccn[nH]4)nccc23)c1. The van der Waals surface area contributed by atoms with Crippen LogP contribution in [0.25, 0.3) is 33.4 Å². The number of aromatic amines is 1. The largest absolute Gasteiger partial charge is 0.378 e. The number of nitrogens with zero attached hydrogens (tertiary/aromatic N) is 4. The highest BCUT2D eigenvalue weighted by Gasteiger charge is 2.19. The molecule has 0 atom stereocenters. The number of aromatic nitrogens is 4. The molecule has 3 aromatic heterocycles. The number of ether oxygens (including phenoxy) is 1. The second kappa shape index (κ2) is 7.48. The molecule has 5 rings (SSSR count). The van der Waals surface area contributed by atoms with Gasteiger partial charge in [0.05, 0.1) is 18.9 Å². The van der Waals surface area contributed by atoms with Gasteiger partial charge >= 0.3 is 0 Å². The van der Waals surface area contributed by atoms with E-state index < -0.39 is 0 Å². The van der Waals surface area contributed by atoms with E-state index in [0.717, 1.165) is 46.6 Å². The molecule has 8 heteroatoms. The average molecular weight is 391 g/mol. The Morgan fingerprint density at radius 1 is 1.07 bits per heavy atom. The first kappa shape index (κ1) is 17.6. The van der Waals surface area contributed by atoms with Gasteiger partial charge in [0, 0.05) is 35.4 Å². The van der Waals surface area contributed by atoms with Gasteiger partial charge in [-0.25, -0.2) is 4.98 Å². The van der Waals surface area contributed by atoms with Gasteiger partial charge in [0.15, 0.2) is 5.75 Å². The molecule has 0 radical (unpaired) electrons. The second-order valence-electron chi connectivity index (χ2n) is 6.76. The molecule has 29 heavy (non-hydrogen) atoms. The van der Waals surface area contributed by atoms with Gasteiger partial charge in [-0.1, -0.05) is 12.1 Å². The first-order valence-electron chi connectivity index (χ1n) is 9.35. The number of hydrogen-bond acceptors (Lipinski definition) is 6. The number of morpholine rings is 1. The third kappa shape index (κ3) is 3.27. The van der Waals surface area contributed by atoms with Crippen molar-refractivity contribution in [3.63, 3.8) is 0 Å². The maximum absolute atomic E-state index is 12.8. The van der Waals surface area contributed by atoms with Gasteiger partial charge in [0.25, 0.3) is 0 Å². The molecule has 7 nitrogen and oxygen atoms in total. The summed E-state index contributed by atoms with van der Waals surface area (Å²) in [5.74, 6) is 0.986. The first-order chi connectivity index (χ1) is 14.3. The maximum Gasteiger partial charge on any atom is 0.172 e. The average Bonchev–Trinajstić information content (AvgIpc) is 3.33. The summed E-state index contributed by atoms with van der Waals surface area (Å²) in [6, 6.07) is 12.8. The van der Waals surface area contributed by atoms with Crippen LogP contribution < -0.4 is 9.84 Å². The first-order valence-corrected chi connectivity index (χ1v) is 9.35. The van der Waals surface area contributed by atoms with Gasteiger partial charge in [-0.05, 0) is 41.5 Å². The van der Waals surface area contributed by atoms with Crippen LogP contribution in [0.2, 0.25) is 0 Å². The fourth-order valence-electron chi connectivity index (χ4n) is 3.63. The van der Waals surface area contributed by atoms with Gasteiger partial charge in [0.2, 0.25) is 0 Å². The number of rotatable bonds is 4. The highest BCUT2D eigenvalue weighted by molar-refractivity contribution is 6.01. The lowest BCUT2D eigenvalue weighted by Gasteiger charge is -2.28. The van der Waals surface area contributed by atoms with E-state index in [2.05, 4.69) is 25.0 Å². The Morgan fingerprint density at radius 3 is 2.76 bits per heavy atom. The Kier molecular flexibility index (Phi) is 4.53. The third-order valence-corrected chi connectivity index (χ3v) is 5.04. The molecule has 4 aromatic rings. The molecule has 0 amide bonds. The van der Waals surface area contributed by atoms with Crippen molar-refractivity contribution in [1.82, 2.24) is 20.2 Å². The maximum atomic E-state index is 12.8. The van der Waals surface area contributed by atoms with Crippen molar-refractivity contribution in [3.8, 4) is 28.3 Å². The fraction of sp³-hybridized carbons (Fsp3) is 0.190. The van der Waals surface area contributed by atoms with E-state index in [1.807, 2.05) is 24.3 Å². The van der Waals surface area contributed by atoms with Crippen molar-refractivity contribution >= 4 is 16.7 Å². The van der Waals surface area contributed by atoms with Crippen LogP contribution in [0.1, 0.15) is 0 Å². The zero-order valence-corrected chi connectivity index (χ0v) is 15.5. The fourth-order valence-corrected chi connectivity index (χ4v) is 3.63. The Balaban J connectivity index is 1.77. The molecule has 146 valence electrons. The zero-order valence-electron chi connectivity index (χ0n) is 15.5. The van der Waals surface area contributed by atoms with Crippen LogP contribution in [0.15, 0.2) is 54.9 Å². The van der Waals surface area contributed by atoms with Crippen molar-refractivity contribution < 1.29 is 14.2 Å². The molecule has 0 aliphatic carbocycles. The molecule has 1 aliphatic rings. The Bertz CT molecular complexity index is 1140. The summed E-state index contributed by atoms with van der Waals surface area (Å²) in [5.41, 5.74) is 4.02. The molecular formula is C21H18FN5O2. The van der Waals surface area contributed by atoms with Gasteiger partial charge in [-0.2, -0.15) is 5.10 Å². The highest BCUT2D eigenvalue weighted by atomic mass is 19.3. The van der Waals surface area contributed by atoms with E-state index >= 15 is 0 Å². The summed E-state index contributed by atoms with van der Waals surface area (Å²) in [4.78, 5) is 15.6. The molecular weight excluding hydrogens is 373 g/mol. The molecule has 1 fully saturated rings. The van der Waals surface area contributed by atoms with Gasteiger partial charge in [-0.3, -0.25) is 15.0 Å². The minimum Gasteiger partial charge on any atom is -0.378 e. The number of fused-ring (bicyclic) bond motifs is 1. The summed E-state index contributed by atoms with van der Waals surface area (Å²) < 4.78 is 18.3. The summed E-state index contributed by atoms with van der Waals surface area (Å²) in [5, 5.41) is 7.92. The van der Waals surface area contributed by atoms with E-state index in [1.54, 1.807) is 30.6 Å². The van der Waals surface area contributed by atoms with E-state index in [4.69, 9.17) is 9.72 Å². The number of nitrogens with one attached hydrogen (secondary N) is 1. The standard InChI is InChI=1S/C21H18FN5O2/c22-29-15-3-1-2-14(12-15)17-13-19(27-8-10-28-11-9-27)25-20-16(17)4-6-23-21(20)18-5-7-24-26-18/h1-7,12-13H,8-11H2,(H,24,26). The minimum atomic E-state index is 0.156. The lowest BCUT2D eigenvalue weighted by molar-refractivity contribution is -0.00614. The van der Waals surface area contributed by atoms with Crippen LogP contribution in [-0.2, 0) is 4.74 Å². The third-order valence-electron chi connectivity index (χ3n) is 5.04. The monoisotopic (exact) mass is 391 g/mol. The molecule has 0 unspecified atom stereocenters. The van der Waals surface area contributed by atoms with Gasteiger partial charge in [0.1, 0.15) is 17.0 Å². The molecule has 1 aliphatic heterocycles. The van der Waals surface area contributed by atoms with Crippen LogP contribution in [0.3, 0.4) is 0 Å². The van der Waals surface area contributed by atoms with Crippen molar-refractivity contribution in [3.05, 3.63) is 54.9 Å². The van der Waals surface area contributed by atoms with Crippen LogP contribution in [0, 0.1) is 0 Å². The summed E-state index contributed by atoms with van der Waals surface area (Å²) in [6.45, 7) is 2.82. The van der Waals surface area contributed by atoms with Crippen LogP contribution in [0.5, 0.6) is 5.75 Å². The van der Waals surface area contributed by atoms with Crippen LogP contribution >= 0.6 is 0 Å². The van der Waals surface area contributed by atoms with E-state index in [1.165, 1.54) is 0 Å². The normalized spacial score (nSPS) is 14.3. The quantitative estimate of drug-likeness (QED) is 0.571. The van der Waals surface area contributed by atoms with E-state index in [-0.39, 0.29) is 5.75 Å². The van der Waals surface area contributed by atoms with E-state index in [9.17, 15) is 4.53 Å². The Hall–Kier alpha value is -3.52. The second-order valence-corrected chi connectivity index (χ2v) is 6.76. The molecule has 1 aromatic carbocycles. The number of halogens is 1.